The Morgan fingerprint density at radius 2 is 2.00 bits per heavy atom. The number of rotatable bonds is 5. The van der Waals surface area contributed by atoms with Crippen LogP contribution in [-0.4, -0.2) is 35.2 Å². The van der Waals surface area contributed by atoms with Crippen molar-refractivity contribution in [2.24, 2.45) is 0 Å². The zero-order chi connectivity index (χ0) is 12.9. The molecule has 1 unspecified atom stereocenters. The van der Waals surface area contributed by atoms with Gasteiger partial charge in [0.1, 0.15) is 0 Å². The van der Waals surface area contributed by atoms with Crippen LogP contribution in [0, 0.1) is 6.92 Å². The van der Waals surface area contributed by atoms with Gasteiger partial charge in [0.15, 0.2) is 0 Å². The van der Waals surface area contributed by atoms with E-state index in [1.807, 2.05) is 25.3 Å². The summed E-state index contributed by atoms with van der Waals surface area (Å²) in [6, 6.07) is 7.37. The maximum absolute atomic E-state index is 11.8. The normalized spacial score (nSPS) is 14.1. The van der Waals surface area contributed by atoms with Gasteiger partial charge in [-0.3, -0.25) is 4.79 Å². The molecule has 0 bridgehead atoms. The van der Waals surface area contributed by atoms with E-state index in [2.05, 4.69) is 5.32 Å². The third-order valence-electron chi connectivity index (χ3n) is 2.40. The Hall–Kier alpha value is -1.00. The molecule has 17 heavy (non-hydrogen) atoms. The van der Waals surface area contributed by atoms with E-state index in [1.165, 1.54) is 0 Å². The van der Waals surface area contributed by atoms with E-state index >= 15 is 0 Å². The number of aryl methyl sites for hydroxylation is 1. The van der Waals surface area contributed by atoms with Gasteiger partial charge in [0.05, 0.1) is 5.60 Å². The third kappa shape index (κ3) is 4.79. The van der Waals surface area contributed by atoms with Gasteiger partial charge in [0.25, 0.3) is 5.91 Å². The number of benzene rings is 1. The fourth-order valence-electron chi connectivity index (χ4n) is 1.44. The molecule has 4 heteroatoms. The minimum atomic E-state index is -0.861. The summed E-state index contributed by atoms with van der Waals surface area (Å²) >= 11 is 1.56. The van der Waals surface area contributed by atoms with Crippen molar-refractivity contribution in [3.63, 3.8) is 0 Å². The van der Waals surface area contributed by atoms with Gasteiger partial charge in [-0.15, -0.1) is 0 Å². The number of nitrogens with one attached hydrogen (secondary N) is 1. The predicted octanol–water partition coefficient (Wildman–Crippen LogP) is 1.84. The van der Waals surface area contributed by atoms with Crippen LogP contribution in [0.25, 0.3) is 0 Å². The summed E-state index contributed by atoms with van der Waals surface area (Å²) in [4.78, 5) is 11.8. The summed E-state index contributed by atoms with van der Waals surface area (Å²) in [5.41, 5.74) is 0.881. The third-order valence-corrected chi connectivity index (χ3v) is 3.31. The minimum Gasteiger partial charge on any atom is -0.387 e. The lowest BCUT2D eigenvalue weighted by Crippen LogP contribution is -2.42. The standard InChI is InChI=1S/C13H19NO2S/c1-10-4-6-11(7-5-10)12(15)14-8-13(2,16)9-17-3/h4-7,16H,8-9H2,1-3H3,(H,14,15). The first-order valence-electron chi connectivity index (χ1n) is 5.51. The first kappa shape index (κ1) is 14.1. The molecular weight excluding hydrogens is 234 g/mol. The van der Waals surface area contributed by atoms with Crippen molar-refractivity contribution in [3.8, 4) is 0 Å². The lowest BCUT2D eigenvalue weighted by atomic mass is 10.1. The van der Waals surface area contributed by atoms with Crippen LogP contribution >= 0.6 is 11.8 Å². The van der Waals surface area contributed by atoms with Gasteiger partial charge in [0, 0.05) is 17.9 Å². The highest BCUT2D eigenvalue weighted by molar-refractivity contribution is 7.98. The van der Waals surface area contributed by atoms with Crippen molar-refractivity contribution in [2.45, 2.75) is 19.4 Å². The Labute approximate surface area is 107 Å². The average Bonchev–Trinajstić information content (AvgIpc) is 2.27. The predicted molar refractivity (Wildman–Crippen MR) is 72.5 cm³/mol. The van der Waals surface area contributed by atoms with Crippen molar-refractivity contribution in [3.05, 3.63) is 35.4 Å². The fraction of sp³-hybridized carbons (Fsp3) is 0.462. The molecule has 1 atom stereocenters. The van der Waals surface area contributed by atoms with E-state index in [0.717, 1.165) is 5.56 Å². The van der Waals surface area contributed by atoms with Crippen molar-refractivity contribution in [2.75, 3.05) is 18.6 Å². The largest absolute Gasteiger partial charge is 0.387 e. The molecule has 1 rings (SSSR count). The quantitative estimate of drug-likeness (QED) is 0.842. The van der Waals surface area contributed by atoms with Gasteiger partial charge in [0.2, 0.25) is 0 Å². The second-order valence-electron chi connectivity index (χ2n) is 4.48. The summed E-state index contributed by atoms with van der Waals surface area (Å²) in [5, 5.41) is 12.7. The molecule has 2 N–H and O–H groups in total. The average molecular weight is 253 g/mol. The molecule has 0 heterocycles. The van der Waals surface area contributed by atoms with Gasteiger partial charge in [-0.05, 0) is 32.2 Å². The molecule has 0 aliphatic rings. The fourth-order valence-corrected chi connectivity index (χ4v) is 2.16. The number of hydrogen-bond acceptors (Lipinski definition) is 3. The van der Waals surface area contributed by atoms with Crippen molar-refractivity contribution >= 4 is 17.7 Å². The molecule has 1 aromatic carbocycles. The van der Waals surface area contributed by atoms with Gasteiger partial charge in [-0.1, -0.05) is 17.7 Å². The summed E-state index contributed by atoms with van der Waals surface area (Å²) in [5.74, 6) is 0.452. The molecule has 0 spiro atoms. The molecule has 0 saturated carbocycles. The summed E-state index contributed by atoms with van der Waals surface area (Å²) in [6.45, 7) is 3.96. The lowest BCUT2D eigenvalue weighted by Gasteiger charge is -2.22. The Bertz CT molecular complexity index is 374. The van der Waals surface area contributed by atoms with Crippen LogP contribution in [0.15, 0.2) is 24.3 Å². The van der Waals surface area contributed by atoms with Crippen molar-refractivity contribution in [1.29, 1.82) is 0 Å². The summed E-state index contributed by atoms with van der Waals surface area (Å²) in [6.07, 6.45) is 1.93. The second-order valence-corrected chi connectivity index (χ2v) is 5.34. The number of carbonyl (C=O) groups is 1. The molecular formula is C13H19NO2S. The minimum absolute atomic E-state index is 0.147. The first-order chi connectivity index (χ1) is 7.94. The second kappa shape index (κ2) is 6.07. The van der Waals surface area contributed by atoms with Crippen LogP contribution in [0.5, 0.6) is 0 Å². The van der Waals surface area contributed by atoms with Crippen LogP contribution in [0.4, 0.5) is 0 Å². The molecule has 0 saturated heterocycles. The van der Waals surface area contributed by atoms with Crippen LogP contribution < -0.4 is 5.32 Å². The first-order valence-corrected chi connectivity index (χ1v) is 6.90. The Morgan fingerprint density at radius 1 is 1.41 bits per heavy atom. The van der Waals surface area contributed by atoms with E-state index in [-0.39, 0.29) is 12.5 Å². The van der Waals surface area contributed by atoms with E-state index in [4.69, 9.17) is 0 Å². The van der Waals surface area contributed by atoms with Crippen LogP contribution in [0.3, 0.4) is 0 Å². The van der Waals surface area contributed by atoms with Gasteiger partial charge in [-0.25, -0.2) is 0 Å². The van der Waals surface area contributed by atoms with Crippen LogP contribution in [-0.2, 0) is 0 Å². The number of amides is 1. The maximum atomic E-state index is 11.8. The smallest absolute Gasteiger partial charge is 0.251 e. The van der Waals surface area contributed by atoms with E-state index in [9.17, 15) is 9.90 Å². The van der Waals surface area contributed by atoms with Gasteiger partial charge < -0.3 is 10.4 Å². The molecule has 0 aliphatic heterocycles. The number of thioether (sulfide) groups is 1. The van der Waals surface area contributed by atoms with Crippen molar-refractivity contribution in [1.82, 2.24) is 5.32 Å². The lowest BCUT2D eigenvalue weighted by molar-refractivity contribution is 0.0725. The number of carbonyl (C=O) groups excluding carboxylic acids is 1. The van der Waals surface area contributed by atoms with Crippen LogP contribution in [0.2, 0.25) is 0 Å². The molecule has 0 fully saturated rings. The maximum Gasteiger partial charge on any atom is 0.251 e. The summed E-state index contributed by atoms with van der Waals surface area (Å²) < 4.78 is 0. The summed E-state index contributed by atoms with van der Waals surface area (Å²) in [7, 11) is 0. The molecule has 94 valence electrons. The molecule has 3 nitrogen and oxygen atoms in total. The van der Waals surface area contributed by atoms with E-state index in [1.54, 1.807) is 30.8 Å². The van der Waals surface area contributed by atoms with E-state index < -0.39 is 5.60 Å². The molecule has 1 aromatic rings. The molecule has 0 radical (unpaired) electrons. The highest BCUT2D eigenvalue weighted by Gasteiger charge is 2.20. The number of hydrogen-bond donors (Lipinski definition) is 2. The van der Waals surface area contributed by atoms with Gasteiger partial charge >= 0.3 is 0 Å². The SMILES string of the molecule is CSCC(C)(O)CNC(=O)c1ccc(C)cc1. The zero-order valence-electron chi connectivity index (χ0n) is 10.5. The van der Waals surface area contributed by atoms with Crippen molar-refractivity contribution < 1.29 is 9.90 Å². The molecule has 1 amide bonds. The zero-order valence-corrected chi connectivity index (χ0v) is 11.3. The topological polar surface area (TPSA) is 49.3 Å². The van der Waals surface area contributed by atoms with E-state index in [0.29, 0.717) is 11.3 Å². The Balaban J connectivity index is 2.53. The highest BCUT2D eigenvalue weighted by atomic mass is 32.2. The highest BCUT2D eigenvalue weighted by Crippen LogP contribution is 2.09. The monoisotopic (exact) mass is 253 g/mol. The van der Waals surface area contributed by atoms with Gasteiger partial charge in [-0.2, -0.15) is 11.8 Å². The molecule has 0 aromatic heterocycles. The van der Waals surface area contributed by atoms with Crippen LogP contribution in [0.1, 0.15) is 22.8 Å². The Morgan fingerprint density at radius 3 is 2.53 bits per heavy atom. The molecule has 0 aliphatic carbocycles. The Kier molecular flexibility index (Phi) is 5.02. The number of aliphatic hydroxyl groups is 1.